The molecule has 0 amide bonds. The second kappa shape index (κ2) is 9.48. The van der Waals surface area contributed by atoms with E-state index in [9.17, 15) is 15.0 Å². The molecule has 0 aromatic heterocycles. The number of aliphatic hydroxyl groups is 2. The molecule has 188 valence electrons. The molecule has 2 heterocycles. The van der Waals surface area contributed by atoms with Crippen LogP contribution in [0.25, 0.3) is 11.1 Å². The molecule has 2 aliphatic heterocycles. The Hall–Kier alpha value is -3.55. The maximum absolute atomic E-state index is 11.1. The van der Waals surface area contributed by atoms with E-state index in [1.54, 1.807) is 0 Å². The van der Waals surface area contributed by atoms with Crippen LogP contribution in [0.5, 0.6) is 17.2 Å². The van der Waals surface area contributed by atoms with Crippen LogP contribution in [0.15, 0.2) is 48.5 Å². The zero-order chi connectivity index (χ0) is 25.4. The average molecular weight is 491 g/mol. The van der Waals surface area contributed by atoms with Crippen LogP contribution in [-0.2, 0) is 17.8 Å². The van der Waals surface area contributed by atoms with Gasteiger partial charge in [-0.15, -0.1) is 0 Å². The first-order chi connectivity index (χ1) is 17.3. The van der Waals surface area contributed by atoms with Crippen LogP contribution in [0.3, 0.4) is 0 Å². The normalized spacial score (nSPS) is 17.2. The van der Waals surface area contributed by atoms with Crippen molar-refractivity contribution in [1.82, 2.24) is 0 Å². The maximum Gasteiger partial charge on any atom is 0.304 e. The SMILES string of the molecule is Cc1cc2c(c(C)c1-c1cccc(COc3ccc4c(c3)OCC4CC(=O)O)c1)CC(CO)(CO)O2. The fourth-order valence-electron chi connectivity index (χ4n) is 5.27. The van der Waals surface area contributed by atoms with Gasteiger partial charge < -0.3 is 29.5 Å². The Morgan fingerprint density at radius 2 is 1.89 bits per heavy atom. The fraction of sp³-hybridized carbons (Fsp3) is 0.345. The van der Waals surface area contributed by atoms with Gasteiger partial charge in [0, 0.05) is 29.5 Å². The van der Waals surface area contributed by atoms with E-state index in [-0.39, 0.29) is 25.6 Å². The molecule has 1 unspecified atom stereocenters. The summed E-state index contributed by atoms with van der Waals surface area (Å²) in [6.45, 7) is 4.35. The highest BCUT2D eigenvalue weighted by atomic mass is 16.5. The van der Waals surface area contributed by atoms with Gasteiger partial charge in [0.25, 0.3) is 0 Å². The molecule has 0 radical (unpaired) electrons. The number of carbonyl (C=O) groups is 1. The highest BCUT2D eigenvalue weighted by molar-refractivity contribution is 5.75. The minimum atomic E-state index is -0.971. The lowest BCUT2D eigenvalue weighted by molar-refractivity contribution is -0.137. The van der Waals surface area contributed by atoms with E-state index in [2.05, 4.69) is 19.1 Å². The van der Waals surface area contributed by atoms with E-state index < -0.39 is 11.6 Å². The van der Waals surface area contributed by atoms with Gasteiger partial charge in [-0.3, -0.25) is 4.79 Å². The van der Waals surface area contributed by atoms with E-state index in [0.29, 0.717) is 31.1 Å². The molecule has 3 aromatic rings. The number of fused-ring (bicyclic) bond motifs is 2. The first-order valence-corrected chi connectivity index (χ1v) is 12.1. The van der Waals surface area contributed by atoms with Gasteiger partial charge in [-0.2, -0.15) is 0 Å². The van der Waals surface area contributed by atoms with Crippen LogP contribution in [0, 0.1) is 13.8 Å². The molecular formula is C29H30O7. The third-order valence-corrected chi connectivity index (χ3v) is 7.18. The molecule has 0 saturated heterocycles. The summed E-state index contributed by atoms with van der Waals surface area (Å²) < 4.78 is 17.7. The molecule has 2 aliphatic rings. The summed E-state index contributed by atoms with van der Waals surface area (Å²) in [5.74, 6) is 1.11. The minimum Gasteiger partial charge on any atom is -0.492 e. The van der Waals surface area contributed by atoms with Crippen LogP contribution in [0.4, 0.5) is 0 Å². The number of carboxylic acid groups (broad SMARTS) is 1. The van der Waals surface area contributed by atoms with Gasteiger partial charge in [0.15, 0.2) is 5.60 Å². The van der Waals surface area contributed by atoms with E-state index >= 15 is 0 Å². The summed E-state index contributed by atoms with van der Waals surface area (Å²) in [5.41, 5.74) is 6.27. The molecule has 5 rings (SSSR count). The number of aliphatic hydroxyl groups excluding tert-OH is 2. The van der Waals surface area contributed by atoms with Crippen molar-refractivity contribution in [1.29, 1.82) is 0 Å². The van der Waals surface area contributed by atoms with Gasteiger partial charge in [-0.05, 0) is 59.9 Å². The molecule has 7 heteroatoms. The van der Waals surface area contributed by atoms with Crippen molar-refractivity contribution in [2.24, 2.45) is 0 Å². The Morgan fingerprint density at radius 1 is 1.08 bits per heavy atom. The van der Waals surface area contributed by atoms with Gasteiger partial charge in [-0.1, -0.05) is 24.3 Å². The number of hydrogen-bond donors (Lipinski definition) is 3. The quantitative estimate of drug-likeness (QED) is 0.435. The van der Waals surface area contributed by atoms with E-state index in [0.717, 1.165) is 44.7 Å². The Bertz CT molecular complexity index is 1310. The van der Waals surface area contributed by atoms with Gasteiger partial charge in [0.05, 0.1) is 26.2 Å². The van der Waals surface area contributed by atoms with Crippen LogP contribution in [-0.4, -0.2) is 46.7 Å². The van der Waals surface area contributed by atoms with Crippen LogP contribution < -0.4 is 14.2 Å². The summed E-state index contributed by atoms with van der Waals surface area (Å²) in [4.78, 5) is 11.1. The Balaban J connectivity index is 1.35. The van der Waals surface area contributed by atoms with Crippen molar-refractivity contribution in [2.45, 2.75) is 44.8 Å². The lowest BCUT2D eigenvalue weighted by atomic mass is 9.88. The zero-order valence-electron chi connectivity index (χ0n) is 20.4. The summed E-state index contributed by atoms with van der Waals surface area (Å²) >= 11 is 0. The van der Waals surface area contributed by atoms with Crippen LogP contribution in [0.1, 0.15) is 40.2 Å². The number of rotatable bonds is 8. The monoisotopic (exact) mass is 490 g/mol. The molecule has 0 fully saturated rings. The van der Waals surface area contributed by atoms with Crippen molar-refractivity contribution in [3.8, 4) is 28.4 Å². The van der Waals surface area contributed by atoms with Crippen molar-refractivity contribution in [2.75, 3.05) is 19.8 Å². The smallest absolute Gasteiger partial charge is 0.304 e. The van der Waals surface area contributed by atoms with Crippen LogP contribution in [0.2, 0.25) is 0 Å². The van der Waals surface area contributed by atoms with Gasteiger partial charge in [-0.25, -0.2) is 0 Å². The molecule has 0 aliphatic carbocycles. The standard InChI is InChI=1S/C29H30O7/c1-17-8-26-24(12-29(15-30,16-31)36-26)18(2)28(17)20-5-3-4-19(9-20)13-34-22-6-7-23-21(10-27(32)33)14-35-25(23)11-22/h3-9,11,21,30-31H,10,12-16H2,1-2H3,(H,32,33). The molecule has 3 N–H and O–H groups in total. The second-order valence-electron chi connectivity index (χ2n) is 9.74. The van der Waals surface area contributed by atoms with Crippen molar-refractivity contribution >= 4 is 5.97 Å². The number of benzene rings is 3. The molecule has 7 nitrogen and oxygen atoms in total. The number of hydrogen-bond acceptors (Lipinski definition) is 6. The molecule has 0 spiro atoms. The molecule has 36 heavy (non-hydrogen) atoms. The Labute approximate surface area is 209 Å². The Morgan fingerprint density at radius 3 is 2.64 bits per heavy atom. The summed E-state index contributed by atoms with van der Waals surface area (Å²) in [7, 11) is 0. The minimum absolute atomic E-state index is 0.0502. The molecule has 0 bridgehead atoms. The molecule has 3 aromatic carbocycles. The maximum atomic E-state index is 11.1. The summed E-state index contributed by atoms with van der Waals surface area (Å²) in [6.07, 6.45) is 0.513. The lowest BCUT2D eigenvalue weighted by Crippen LogP contribution is -2.42. The lowest BCUT2D eigenvalue weighted by Gasteiger charge is -2.23. The van der Waals surface area contributed by atoms with Gasteiger partial charge >= 0.3 is 5.97 Å². The first-order valence-electron chi connectivity index (χ1n) is 12.1. The number of aliphatic carboxylic acids is 1. The molecular weight excluding hydrogens is 460 g/mol. The highest BCUT2D eigenvalue weighted by Gasteiger charge is 2.40. The number of carboxylic acids is 1. The van der Waals surface area contributed by atoms with E-state index in [1.807, 2.05) is 43.3 Å². The molecule has 0 saturated carbocycles. The zero-order valence-corrected chi connectivity index (χ0v) is 20.4. The predicted molar refractivity (Wildman–Crippen MR) is 134 cm³/mol. The van der Waals surface area contributed by atoms with Crippen LogP contribution >= 0.6 is 0 Å². The second-order valence-corrected chi connectivity index (χ2v) is 9.74. The van der Waals surface area contributed by atoms with Gasteiger partial charge in [0.1, 0.15) is 23.9 Å². The largest absolute Gasteiger partial charge is 0.492 e. The van der Waals surface area contributed by atoms with Crippen molar-refractivity contribution in [3.05, 3.63) is 76.3 Å². The fourth-order valence-corrected chi connectivity index (χ4v) is 5.27. The summed E-state index contributed by atoms with van der Waals surface area (Å²) in [6, 6.07) is 15.7. The Kier molecular flexibility index (Phi) is 6.36. The number of ether oxygens (including phenoxy) is 3. The topological polar surface area (TPSA) is 105 Å². The highest BCUT2D eigenvalue weighted by Crippen LogP contribution is 2.43. The van der Waals surface area contributed by atoms with E-state index in [1.165, 1.54) is 0 Å². The summed E-state index contributed by atoms with van der Waals surface area (Å²) in [5, 5.41) is 28.7. The first kappa shape index (κ1) is 24.2. The van der Waals surface area contributed by atoms with Crippen molar-refractivity contribution in [3.63, 3.8) is 0 Å². The average Bonchev–Trinajstić information content (AvgIpc) is 3.44. The van der Waals surface area contributed by atoms with Crippen molar-refractivity contribution < 1.29 is 34.3 Å². The molecule has 1 atom stereocenters. The third kappa shape index (κ3) is 4.40. The predicted octanol–water partition coefficient (Wildman–Crippen LogP) is 4.16. The van der Waals surface area contributed by atoms with E-state index in [4.69, 9.17) is 19.3 Å². The third-order valence-electron chi connectivity index (χ3n) is 7.18. The number of aryl methyl sites for hydroxylation is 1. The van der Waals surface area contributed by atoms with Gasteiger partial charge in [0.2, 0.25) is 0 Å².